The molecule has 0 bridgehead atoms. The van der Waals surface area contributed by atoms with Crippen molar-refractivity contribution in [3.05, 3.63) is 28.0 Å². The zero-order valence-electron chi connectivity index (χ0n) is 10.9. The molecule has 1 spiro atoms. The molecule has 0 saturated carbocycles. The summed E-state index contributed by atoms with van der Waals surface area (Å²) in [6.45, 7) is 2.10. The molecule has 3 rings (SSSR count). The molecule has 6 heteroatoms. The first kappa shape index (κ1) is 14.4. The smallest absolute Gasteiger partial charge is 0.160 e. The standard InChI is InChI=1S/C14H16Cl2FNO2/c15-11-5-10(6-12(16)13(11)17)18-9-1-3-20-14(7-9)2-4-19-8-14/h5-6,9,18H,1-4,7-8H2. The number of halogens is 3. The number of hydrogen-bond donors (Lipinski definition) is 1. The maximum atomic E-state index is 13.4. The third-order valence-corrected chi connectivity index (χ3v) is 4.46. The van der Waals surface area contributed by atoms with Crippen LogP contribution in [0.4, 0.5) is 10.1 Å². The highest BCUT2D eigenvalue weighted by molar-refractivity contribution is 6.35. The Morgan fingerprint density at radius 3 is 2.65 bits per heavy atom. The van der Waals surface area contributed by atoms with Gasteiger partial charge in [0.1, 0.15) is 0 Å². The summed E-state index contributed by atoms with van der Waals surface area (Å²) >= 11 is 11.6. The average Bonchev–Trinajstić information content (AvgIpc) is 2.84. The van der Waals surface area contributed by atoms with Crippen LogP contribution in [0.5, 0.6) is 0 Å². The van der Waals surface area contributed by atoms with E-state index in [4.69, 9.17) is 32.7 Å². The van der Waals surface area contributed by atoms with E-state index in [2.05, 4.69) is 5.32 Å². The molecule has 110 valence electrons. The van der Waals surface area contributed by atoms with Crippen LogP contribution in [0.3, 0.4) is 0 Å². The summed E-state index contributed by atoms with van der Waals surface area (Å²) in [4.78, 5) is 0. The topological polar surface area (TPSA) is 30.5 Å². The Balaban J connectivity index is 1.71. The van der Waals surface area contributed by atoms with Crippen LogP contribution in [0, 0.1) is 5.82 Å². The van der Waals surface area contributed by atoms with E-state index < -0.39 is 5.82 Å². The van der Waals surface area contributed by atoms with Gasteiger partial charge in [-0.2, -0.15) is 0 Å². The van der Waals surface area contributed by atoms with Crippen LogP contribution in [0.25, 0.3) is 0 Å². The maximum absolute atomic E-state index is 13.4. The van der Waals surface area contributed by atoms with Gasteiger partial charge in [0.05, 0.1) is 22.3 Å². The Bertz CT molecular complexity index is 483. The van der Waals surface area contributed by atoms with Crippen LogP contribution in [-0.4, -0.2) is 31.5 Å². The molecular weight excluding hydrogens is 304 g/mol. The van der Waals surface area contributed by atoms with Crippen molar-refractivity contribution in [1.82, 2.24) is 0 Å². The van der Waals surface area contributed by atoms with Crippen LogP contribution in [0.2, 0.25) is 10.0 Å². The van der Waals surface area contributed by atoms with Gasteiger partial charge in [-0.25, -0.2) is 4.39 Å². The SMILES string of the molecule is Fc1c(Cl)cc(NC2CCOC3(CCOC3)C2)cc1Cl. The van der Waals surface area contributed by atoms with Gasteiger partial charge in [0.2, 0.25) is 0 Å². The molecule has 2 fully saturated rings. The zero-order chi connectivity index (χ0) is 14.2. The fourth-order valence-corrected chi connectivity index (χ4v) is 3.38. The molecule has 0 aliphatic carbocycles. The van der Waals surface area contributed by atoms with Crippen molar-refractivity contribution in [2.24, 2.45) is 0 Å². The van der Waals surface area contributed by atoms with Crippen LogP contribution < -0.4 is 5.32 Å². The molecular formula is C14H16Cl2FNO2. The molecule has 0 aromatic heterocycles. The minimum atomic E-state index is -0.577. The average molecular weight is 320 g/mol. The monoisotopic (exact) mass is 319 g/mol. The van der Waals surface area contributed by atoms with Crippen LogP contribution >= 0.6 is 23.2 Å². The highest BCUT2D eigenvalue weighted by Crippen LogP contribution is 2.35. The molecule has 1 aromatic rings. The molecule has 2 unspecified atom stereocenters. The summed E-state index contributed by atoms with van der Waals surface area (Å²) in [5.41, 5.74) is 0.575. The molecule has 0 amide bonds. The molecule has 0 radical (unpaired) electrons. The molecule has 1 N–H and O–H groups in total. The lowest BCUT2D eigenvalue weighted by Gasteiger charge is -2.37. The van der Waals surface area contributed by atoms with Crippen molar-refractivity contribution in [3.8, 4) is 0 Å². The predicted octanol–water partition coefficient (Wildman–Crippen LogP) is 3.88. The number of hydrogen-bond acceptors (Lipinski definition) is 3. The molecule has 3 nitrogen and oxygen atoms in total. The lowest BCUT2D eigenvalue weighted by atomic mass is 9.89. The van der Waals surface area contributed by atoms with Gasteiger partial charge in [0, 0.05) is 31.4 Å². The van der Waals surface area contributed by atoms with E-state index >= 15 is 0 Å². The van der Waals surface area contributed by atoms with E-state index in [1.54, 1.807) is 12.1 Å². The van der Waals surface area contributed by atoms with E-state index in [9.17, 15) is 4.39 Å². The second-order valence-corrected chi connectivity index (χ2v) is 6.24. The second kappa shape index (κ2) is 5.68. The second-order valence-electron chi connectivity index (χ2n) is 5.42. The van der Waals surface area contributed by atoms with Crippen molar-refractivity contribution in [1.29, 1.82) is 0 Å². The Kier molecular flexibility index (Phi) is 4.09. The van der Waals surface area contributed by atoms with Gasteiger partial charge in [-0.3, -0.25) is 0 Å². The van der Waals surface area contributed by atoms with Crippen molar-refractivity contribution in [3.63, 3.8) is 0 Å². The lowest BCUT2D eigenvalue weighted by Crippen LogP contribution is -2.44. The minimum absolute atomic E-state index is 0.0333. The van der Waals surface area contributed by atoms with Gasteiger partial charge in [-0.15, -0.1) is 0 Å². The normalized spacial score (nSPS) is 29.9. The van der Waals surface area contributed by atoms with E-state index in [0.717, 1.165) is 31.6 Å². The van der Waals surface area contributed by atoms with Crippen molar-refractivity contribution < 1.29 is 13.9 Å². The van der Waals surface area contributed by atoms with E-state index in [1.165, 1.54) is 0 Å². The summed E-state index contributed by atoms with van der Waals surface area (Å²) in [6.07, 6.45) is 2.70. The fourth-order valence-electron chi connectivity index (χ4n) is 2.89. The summed E-state index contributed by atoms with van der Waals surface area (Å²) in [5, 5.41) is 3.44. The Morgan fingerprint density at radius 2 is 2.00 bits per heavy atom. The van der Waals surface area contributed by atoms with Gasteiger partial charge >= 0.3 is 0 Å². The highest BCUT2D eigenvalue weighted by Gasteiger charge is 2.41. The summed E-state index contributed by atoms with van der Waals surface area (Å²) in [6, 6.07) is 3.38. The maximum Gasteiger partial charge on any atom is 0.160 e. The van der Waals surface area contributed by atoms with E-state index in [-0.39, 0.29) is 21.7 Å². The molecule has 2 heterocycles. The number of nitrogens with one attached hydrogen (secondary N) is 1. The van der Waals surface area contributed by atoms with Crippen LogP contribution in [-0.2, 0) is 9.47 Å². The number of anilines is 1. The quantitative estimate of drug-likeness (QED) is 0.839. The first-order valence-electron chi connectivity index (χ1n) is 6.71. The minimum Gasteiger partial charge on any atom is -0.382 e. The third-order valence-electron chi connectivity index (χ3n) is 3.91. The van der Waals surface area contributed by atoms with Gasteiger partial charge in [0.25, 0.3) is 0 Å². The highest BCUT2D eigenvalue weighted by atomic mass is 35.5. The first-order valence-corrected chi connectivity index (χ1v) is 7.46. The van der Waals surface area contributed by atoms with Crippen molar-refractivity contribution >= 4 is 28.9 Å². The molecule has 2 saturated heterocycles. The Morgan fingerprint density at radius 1 is 1.25 bits per heavy atom. The van der Waals surface area contributed by atoms with Crippen molar-refractivity contribution in [2.75, 3.05) is 25.1 Å². The third kappa shape index (κ3) is 2.89. The summed E-state index contributed by atoms with van der Waals surface area (Å²) in [5.74, 6) is -0.577. The van der Waals surface area contributed by atoms with E-state index in [1.807, 2.05) is 0 Å². The molecule has 2 atom stereocenters. The Labute approximate surface area is 127 Å². The van der Waals surface area contributed by atoms with Crippen molar-refractivity contribution in [2.45, 2.75) is 30.9 Å². The summed E-state index contributed by atoms with van der Waals surface area (Å²) < 4.78 is 24.7. The van der Waals surface area contributed by atoms with E-state index in [0.29, 0.717) is 13.2 Å². The fraction of sp³-hybridized carbons (Fsp3) is 0.571. The largest absolute Gasteiger partial charge is 0.382 e. The molecule has 20 heavy (non-hydrogen) atoms. The van der Waals surface area contributed by atoms with Crippen LogP contribution in [0.15, 0.2) is 12.1 Å². The molecule has 1 aromatic carbocycles. The van der Waals surface area contributed by atoms with Gasteiger partial charge in [-0.05, 0) is 25.0 Å². The van der Waals surface area contributed by atoms with Gasteiger partial charge in [-0.1, -0.05) is 23.2 Å². The summed E-state index contributed by atoms with van der Waals surface area (Å²) in [7, 11) is 0. The molecule has 2 aliphatic rings. The Hall–Kier alpha value is -0.550. The molecule has 2 aliphatic heterocycles. The van der Waals surface area contributed by atoms with Crippen LogP contribution in [0.1, 0.15) is 19.3 Å². The predicted molar refractivity (Wildman–Crippen MR) is 77.2 cm³/mol. The lowest BCUT2D eigenvalue weighted by molar-refractivity contribution is -0.0828. The zero-order valence-corrected chi connectivity index (χ0v) is 12.4. The number of rotatable bonds is 2. The van der Waals surface area contributed by atoms with Gasteiger partial charge in [0.15, 0.2) is 5.82 Å². The van der Waals surface area contributed by atoms with Gasteiger partial charge < -0.3 is 14.8 Å². The number of benzene rings is 1. The number of ether oxygens (including phenoxy) is 2. The first-order chi connectivity index (χ1) is 9.58.